The van der Waals surface area contributed by atoms with Crippen LogP contribution in [-0.2, 0) is 9.59 Å². The molecule has 7 heteroatoms. The molecule has 0 radical (unpaired) electrons. The highest BCUT2D eigenvalue weighted by Gasteiger charge is 2.40. The molecule has 1 aromatic rings. The van der Waals surface area contributed by atoms with Crippen molar-refractivity contribution in [3.05, 3.63) is 27.8 Å². The van der Waals surface area contributed by atoms with E-state index >= 15 is 0 Å². The van der Waals surface area contributed by atoms with E-state index in [1.54, 1.807) is 26.2 Å². The Bertz CT molecular complexity index is 559. The number of hydrogen-bond acceptors (Lipinski definition) is 4. The second kappa shape index (κ2) is 6.57. The molecule has 1 aliphatic heterocycles. The molecular weight excluding hydrogens is 389 g/mol. The summed E-state index contributed by atoms with van der Waals surface area (Å²) in [5.74, 6) is -0.349. The molecule has 1 saturated heterocycles. The highest BCUT2D eigenvalue weighted by molar-refractivity contribution is 14.1. The van der Waals surface area contributed by atoms with E-state index in [2.05, 4.69) is 32.9 Å². The number of carbonyl (C=O) groups is 2. The number of amidine groups is 1. The highest BCUT2D eigenvalue weighted by Crippen LogP contribution is 2.30. The molecule has 2 rings (SSSR count). The number of imide groups is 1. The quantitative estimate of drug-likeness (QED) is 0.355. The first kappa shape index (κ1) is 15.3. The summed E-state index contributed by atoms with van der Waals surface area (Å²) in [6.07, 6.45) is 0.205. The molecule has 0 bridgehead atoms. The van der Waals surface area contributed by atoms with E-state index in [9.17, 15) is 9.59 Å². The van der Waals surface area contributed by atoms with Crippen molar-refractivity contribution in [2.45, 2.75) is 11.7 Å². The van der Waals surface area contributed by atoms with Crippen LogP contribution in [0.4, 0.5) is 5.69 Å². The first-order valence-electron chi connectivity index (χ1n) is 6.00. The van der Waals surface area contributed by atoms with Crippen molar-refractivity contribution in [2.24, 2.45) is 4.99 Å². The number of nitrogens with one attached hydrogen (secondary N) is 1. The zero-order valence-electron chi connectivity index (χ0n) is 11.1. The summed E-state index contributed by atoms with van der Waals surface area (Å²) in [6, 6.07) is 7.34. The van der Waals surface area contributed by atoms with Crippen molar-refractivity contribution in [3.8, 4) is 0 Å². The maximum Gasteiger partial charge on any atom is 0.247 e. The largest absolute Gasteiger partial charge is 0.368 e. The fraction of sp³-hybridized carbons (Fsp3) is 0.308. The molecular formula is C13H14IN3O2S. The van der Waals surface area contributed by atoms with Crippen LogP contribution in [0.2, 0.25) is 0 Å². The van der Waals surface area contributed by atoms with E-state index < -0.39 is 5.25 Å². The lowest BCUT2D eigenvalue weighted by molar-refractivity contribution is -0.121. The summed E-state index contributed by atoms with van der Waals surface area (Å²) in [6.45, 7) is 0. The Hall–Kier alpha value is -1.09. The van der Waals surface area contributed by atoms with Crippen LogP contribution in [-0.4, -0.2) is 36.3 Å². The molecule has 20 heavy (non-hydrogen) atoms. The van der Waals surface area contributed by atoms with E-state index in [-0.39, 0.29) is 18.2 Å². The third kappa shape index (κ3) is 3.14. The van der Waals surface area contributed by atoms with Gasteiger partial charge in [-0.15, -0.1) is 0 Å². The van der Waals surface area contributed by atoms with Gasteiger partial charge in [-0.2, -0.15) is 0 Å². The number of anilines is 1. The Morgan fingerprint density at radius 2 is 2.05 bits per heavy atom. The van der Waals surface area contributed by atoms with Crippen molar-refractivity contribution in [1.29, 1.82) is 0 Å². The number of aliphatic imine (C=N–C) groups is 1. The Balaban J connectivity index is 2.19. The molecule has 0 aromatic heterocycles. The van der Waals surface area contributed by atoms with Gasteiger partial charge in [-0.05, 0) is 46.9 Å². The average Bonchev–Trinajstić information content (AvgIpc) is 2.72. The third-order valence-electron chi connectivity index (χ3n) is 2.86. The van der Waals surface area contributed by atoms with Crippen LogP contribution in [0.1, 0.15) is 6.42 Å². The van der Waals surface area contributed by atoms with E-state index in [0.717, 1.165) is 3.57 Å². The van der Waals surface area contributed by atoms with E-state index in [1.165, 1.54) is 16.7 Å². The summed E-state index contributed by atoms with van der Waals surface area (Å²) in [5.41, 5.74) is 0.628. The minimum Gasteiger partial charge on any atom is -0.368 e. The van der Waals surface area contributed by atoms with Gasteiger partial charge in [0.15, 0.2) is 5.17 Å². The topological polar surface area (TPSA) is 61.8 Å². The smallest absolute Gasteiger partial charge is 0.247 e. The van der Waals surface area contributed by atoms with Gasteiger partial charge in [0.25, 0.3) is 0 Å². The Kier molecular flexibility index (Phi) is 5.03. The lowest BCUT2D eigenvalue weighted by atomic mass is 10.3. The van der Waals surface area contributed by atoms with Gasteiger partial charge >= 0.3 is 0 Å². The minimum atomic E-state index is -0.409. The summed E-state index contributed by atoms with van der Waals surface area (Å²) in [5, 5.41) is 3.15. The number of amides is 2. The van der Waals surface area contributed by atoms with Crippen LogP contribution in [0, 0.1) is 3.57 Å². The van der Waals surface area contributed by atoms with Gasteiger partial charge < -0.3 is 5.32 Å². The zero-order chi connectivity index (χ0) is 14.7. The molecule has 1 unspecified atom stereocenters. The van der Waals surface area contributed by atoms with Gasteiger partial charge in [-0.25, -0.2) is 4.90 Å². The Morgan fingerprint density at radius 3 is 2.60 bits per heavy atom. The first-order chi connectivity index (χ1) is 9.56. The molecule has 106 valence electrons. The van der Waals surface area contributed by atoms with Gasteiger partial charge in [0.2, 0.25) is 11.8 Å². The number of rotatable bonds is 2. The number of thioether (sulfide) groups is 1. The maximum atomic E-state index is 12.4. The van der Waals surface area contributed by atoms with Crippen molar-refractivity contribution in [1.82, 2.24) is 5.32 Å². The van der Waals surface area contributed by atoms with Gasteiger partial charge in [0.05, 0.1) is 5.69 Å². The molecule has 0 aliphatic carbocycles. The summed E-state index contributed by atoms with van der Waals surface area (Å²) in [4.78, 5) is 29.7. The van der Waals surface area contributed by atoms with Gasteiger partial charge in [-0.1, -0.05) is 11.8 Å². The normalized spacial score (nSPS) is 19.6. The van der Waals surface area contributed by atoms with E-state index in [4.69, 9.17) is 0 Å². The van der Waals surface area contributed by atoms with Crippen molar-refractivity contribution < 1.29 is 9.59 Å². The zero-order valence-corrected chi connectivity index (χ0v) is 14.1. The van der Waals surface area contributed by atoms with E-state index in [0.29, 0.717) is 10.9 Å². The number of hydrogen-bond donors (Lipinski definition) is 1. The SMILES string of the molecule is CN=C(NC)SC1CC(=O)N(c2ccc(I)cc2)C1=O. The Morgan fingerprint density at radius 1 is 1.40 bits per heavy atom. The van der Waals surface area contributed by atoms with Gasteiger partial charge in [0, 0.05) is 24.1 Å². The number of carbonyl (C=O) groups excluding carboxylic acids is 2. The molecule has 1 N–H and O–H groups in total. The predicted octanol–water partition coefficient (Wildman–Crippen LogP) is 1.86. The molecule has 1 atom stereocenters. The number of halogens is 1. The van der Waals surface area contributed by atoms with Crippen LogP contribution in [0.5, 0.6) is 0 Å². The Labute approximate surface area is 135 Å². The van der Waals surface area contributed by atoms with Crippen LogP contribution in [0.25, 0.3) is 0 Å². The van der Waals surface area contributed by atoms with Crippen LogP contribution in [0.3, 0.4) is 0 Å². The molecule has 0 spiro atoms. The average molecular weight is 403 g/mol. The van der Waals surface area contributed by atoms with Crippen LogP contribution < -0.4 is 10.2 Å². The fourth-order valence-corrected chi connectivity index (χ4v) is 3.20. The minimum absolute atomic E-state index is 0.166. The number of nitrogens with zero attached hydrogens (tertiary/aromatic N) is 2. The molecule has 5 nitrogen and oxygen atoms in total. The van der Waals surface area contributed by atoms with Gasteiger partial charge in [-0.3, -0.25) is 14.6 Å². The van der Waals surface area contributed by atoms with Crippen LogP contribution in [0.15, 0.2) is 29.3 Å². The number of benzene rings is 1. The summed E-state index contributed by atoms with van der Waals surface area (Å²) < 4.78 is 1.06. The monoisotopic (exact) mass is 403 g/mol. The molecule has 1 heterocycles. The second-order valence-electron chi connectivity index (χ2n) is 4.13. The third-order valence-corrected chi connectivity index (χ3v) is 4.84. The molecule has 1 fully saturated rings. The lowest BCUT2D eigenvalue weighted by Gasteiger charge is -2.15. The van der Waals surface area contributed by atoms with Gasteiger partial charge in [0.1, 0.15) is 5.25 Å². The summed E-state index contributed by atoms with van der Waals surface area (Å²) >= 11 is 3.47. The molecule has 0 saturated carbocycles. The summed E-state index contributed by atoms with van der Waals surface area (Å²) in [7, 11) is 3.39. The van der Waals surface area contributed by atoms with Crippen molar-refractivity contribution in [3.63, 3.8) is 0 Å². The first-order valence-corrected chi connectivity index (χ1v) is 7.96. The molecule has 2 amide bonds. The maximum absolute atomic E-state index is 12.4. The predicted molar refractivity (Wildman–Crippen MR) is 90.1 cm³/mol. The fourth-order valence-electron chi connectivity index (χ4n) is 1.92. The second-order valence-corrected chi connectivity index (χ2v) is 6.57. The molecule has 1 aliphatic rings. The lowest BCUT2D eigenvalue weighted by Crippen LogP contribution is -2.32. The highest BCUT2D eigenvalue weighted by atomic mass is 127. The van der Waals surface area contributed by atoms with E-state index in [1.807, 2.05) is 12.1 Å². The molecule has 1 aromatic carbocycles. The van der Waals surface area contributed by atoms with Crippen molar-refractivity contribution >= 4 is 57.0 Å². The van der Waals surface area contributed by atoms with Crippen molar-refractivity contribution in [2.75, 3.05) is 19.0 Å². The standard InChI is InChI=1S/C13H14IN3O2S/c1-15-13(16-2)20-10-7-11(18)17(12(10)19)9-5-3-8(14)4-6-9/h3-6,10H,7H2,1-2H3,(H,15,16). The van der Waals surface area contributed by atoms with Crippen LogP contribution >= 0.6 is 34.4 Å².